The number of benzene rings is 1. The van der Waals surface area contributed by atoms with Crippen LogP contribution in [0.25, 0.3) is 0 Å². The Bertz CT molecular complexity index is 579. The van der Waals surface area contributed by atoms with Crippen molar-refractivity contribution in [3.63, 3.8) is 0 Å². The van der Waals surface area contributed by atoms with Crippen LogP contribution in [-0.4, -0.2) is 19.9 Å². The fourth-order valence-corrected chi connectivity index (χ4v) is 2.49. The zero-order valence-corrected chi connectivity index (χ0v) is 11.6. The first kappa shape index (κ1) is 14.9. The summed E-state index contributed by atoms with van der Waals surface area (Å²) in [4.78, 5) is 3.65. The molecule has 2 aromatic rings. The Morgan fingerprint density at radius 3 is 2.80 bits per heavy atom. The van der Waals surface area contributed by atoms with E-state index in [1.807, 2.05) is 0 Å². The van der Waals surface area contributed by atoms with Gasteiger partial charge in [-0.15, -0.1) is 0 Å². The summed E-state index contributed by atoms with van der Waals surface area (Å²) in [6, 6.07) is 3.47. The van der Waals surface area contributed by atoms with Gasteiger partial charge in [-0.05, 0) is 18.6 Å². The van der Waals surface area contributed by atoms with E-state index >= 15 is 0 Å². The number of halogens is 3. The highest BCUT2D eigenvalue weighted by atomic mass is 35.5. The van der Waals surface area contributed by atoms with Crippen LogP contribution in [0.15, 0.2) is 30.9 Å². The molecule has 2 unspecified atom stereocenters. The van der Waals surface area contributed by atoms with Gasteiger partial charge in [0, 0.05) is 10.6 Å². The Morgan fingerprint density at radius 1 is 1.50 bits per heavy atom. The van der Waals surface area contributed by atoms with Crippen LogP contribution >= 0.6 is 11.6 Å². The summed E-state index contributed by atoms with van der Waals surface area (Å²) in [6.45, 7) is 1.80. The minimum atomic E-state index is -1.90. The van der Waals surface area contributed by atoms with E-state index in [-0.39, 0.29) is 17.0 Å². The van der Waals surface area contributed by atoms with Crippen molar-refractivity contribution in [3.8, 4) is 0 Å². The first-order valence-electron chi connectivity index (χ1n) is 6.15. The molecule has 0 spiro atoms. The molecule has 0 aliphatic carbocycles. The fraction of sp³-hybridized carbons (Fsp3) is 0.385. The SMILES string of the molecule is CCCC(O)(c1ccc(F)cc1Cl)C(F)n1cncn1. The molecular weight excluding hydrogens is 288 g/mol. The van der Waals surface area contributed by atoms with E-state index in [1.165, 1.54) is 18.7 Å². The molecule has 0 amide bonds. The molecule has 2 rings (SSSR count). The standard InChI is InChI=1S/C13H14ClF2N3O/c1-2-5-13(20,12(16)19-8-17-7-18-19)10-4-3-9(15)6-11(10)14/h3-4,6-8,12,20H,2,5H2,1H3. The maximum Gasteiger partial charge on any atom is 0.225 e. The molecule has 0 aliphatic rings. The van der Waals surface area contributed by atoms with E-state index in [9.17, 15) is 13.9 Å². The van der Waals surface area contributed by atoms with Crippen molar-refractivity contribution in [2.75, 3.05) is 0 Å². The third-order valence-electron chi connectivity index (χ3n) is 3.09. The monoisotopic (exact) mass is 301 g/mol. The highest BCUT2D eigenvalue weighted by molar-refractivity contribution is 6.31. The molecule has 4 nitrogen and oxygen atoms in total. The van der Waals surface area contributed by atoms with Crippen LogP contribution in [0.2, 0.25) is 5.02 Å². The van der Waals surface area contributed by atoms with Gasteiger partial charge >= 0.3 is 0 Å². The second-order valence-electron chi connectivity index (χ2n) is 4.51. The summed E-state index contributed by atoms with van der Waals surface area (Å²) in [5, 5.41) is 14.4. The van der Waals surface area contributed by atoms with Crippen molar-refractivity contribution >= 4 is 11.6 Å². The van der Waals surface area contributed by atoms with Gasteiger partial charge in [0.2, 0.25) is 6.30 Å². The molecule has 0 bridgehead atoms. The summed E-state index contributed by atoms with van der Waals surface area (Å²) in [6.07, 6.45) is 1.10. The molecule has 7 heteroatoms. The third kappa shape index (κ3) is 2.66. The summed E-state index contributed by atoms with van der Waals surface area (Å²) >= 11 is 5.94. The molecule has 0 fully saturated rings. The van der Waals surface area contributed by atoms with E-state index in [0.29, 0.717) is 6.42 Å². The summed E-state index contributed by atoms with van der Waals surface area (Å²) < 4.78 is 28.6. The Morgan fingerprint density at radius 2 is 2.25 bits per heavy atom. The van der Waals surface area contributed by atoms with Crippen LogP contribution in [0.1, 0.15) is 31.6 Å². The number of alkyl halides is 1. The van der Waals surface area contributed by atoms with Gasteiger partial charge in [0.1, 0.15) is 24.1 Å². The molecule has 0 aliphatic heterocycles. The van der Waals surface area contributed by atoms with Crippen LogP contribution in [0, 0.1) is 5.82 Å². The Labute approximate surface area is 120 Å². The van der Waals surface area contributed by atoms with E-state index in [2.05, 4.69) is 10.1 Å². The summed E-state index contributed by atoms with van der Waals surface area (Å²) in [7, 11) is 0. The maximum absolute atomic E-state index is 14.6. The number of aromatic nitrogens is 3. The lowest BCUT2D eigenvalue weighted by Gasteiger charge is -2.32. The lowest BCUT2D eigenvalue weighted by atomic mass is 9.88. The van der Waals surface area contributed by atoms with E-state index in [4.69, 9.17) is 11.6 Å². The third-order valence-corrected chi connectivity index (χ3v) is 3.40. The number of aliphatic hydroxyl groups is 1. The van der Waals surface area contributed by atoms with Crippen LogP contribution in [0.4, 0.5) is 8.78 Å². The first-order valence-corrected chi connectivity index (χ1v) is 6.53. The van der Waals surface area contributed by atoms with Crippen molar-refractivity contribution in [2.45, 2.75) is 31.7 Å². The van der Waals surface area contributed by atoms with Gasteiger partial charge in [0.25, 0.3) is 0 Å². The number of hydrogen-bond donors (Lipinski definition) is 1. The average molecular weight is 302 g/mol. The molecule has 0 radical (unpaired) electrons. The van der Waals surface area contributed by atoms with Crippen molar-refractivity contribution in [1.29, 1.82) is 0 Å². The zero-order chi connectivity index (χ0) is 14.8. The number of nitrogens with zero attached hydrogens (tertiary/aromatic N) is 3. The molecule has 108 valence electrons. The Balaban J connectivity index is 2.48. The molecule has 1 aromatic heterocycles. The second-order valence-corrected chi connectivity index (χ2v) is 4.92. The van der Waals surface area contributed by atoms with Crippen molar-refractivity contribution in [2.24, 2.45) is 0 Å². The summed E-state index contributed by atoms with van der Waals surface area (Å²) in [5.41, 5.74) is -1.77. The first-order chi connectivity index (χ1) is 9.49. The van der Waals surface area contributed by atoms with Gasteiger partial charge in [0.15, 0.2) is 0 Å². The van der Waals surface area contributed by atoms with Crippen molar-refractivity contribution in [1.82, 2.24) is 14.8 Å². The van der Waals surface area contributed by atoms with E-state index in [1.54, 1.807) is 6.92 Å². The predicted molar refractivity (Wildman–Crippen MR) is 70.4 cm³/mol. The molecule has 2 atom stereocenters. The van der Waals surface area contributed by atoms with Gasteiger partial charge < -0.3 is 5.11 Å². The average Bonchev–Trinajstić information content (AvgIpc) is 2.91. The molecule has 1 heterocycles. The molecule has 0 saturated heterocycles. The molecule has 1 aromatic carbocycles. The van der Waals surface area contributed by atoms with Crippen LogP contribution in [0.3, 0.4) is 0 Å². The quantitative estimate of drug-likeness (QED) is 0.922. The lowest BCUT2D eigenvalue weighted by Crippen LogP contribution is -2.35. The zero-order valence-electron chi connectivity index (χ0n) is 10.8. The normalized spacial score (nSPS) is 15.8. The second kappa shape index (κ2) is 5.85. The minimum absolute atomic E-state index is 0.0243. The summed E-state index contributed by atoms with van der Waals surface area (Å²) in [5.74, 6) is -0.547. The van der Waals surface area contributed by atoms with Crippen molar-refractivity contribution < 1.29 is 13.9 Å². The van der Waals surface area contributed by atoms with Gasteiger partial charge in [-0.1, -0.05) is 31.0 Å². The highest BCUT2D eigenvalue weighted by Crippen LogP contribution is 2.41. The number of hydrogen-bond acceptors (Lipinski definition) is 3. The predicted octanol–water partition coefficient (Wildman–Crippen LogP) is 3.23. The Hall–Kier alpha value is -1.53. The van der Waals surface area contributed by atoms with Gasteiger partial charge in [0.05, 0.1) is 0 Å². The maximum atomic E-state index is 14.6. The molecule has 0 saturated carbocycles. The molecule has 20 heavy (non-hydrogen) atoms. The Kier molecular flexibility index (Phi) is 4.35. The van der Waals surface area contributed by atoms with E-state index in [0.717, 1.165) is 16.8 Å². The fourth-order valence-electron chi connectivity index (χ4n) is 2.16. The topological polar surface area (TPSA) is 50.9 Å². The van der Waals surface area contributed by atoms with Crippen LogP contribution in [-0.2, 0) is 5.60 Å². The van der Waals surface area contributed by atoms with Crippen LogP contribution in [0.5, 0.6) is 0 Å². The minimum Gasteiger partial charge on any atom is -0.380 e. The number of rotatable bonds is 5. The van der Waals surface area contributed by atoms with E-state index < -0.39 is 17.7 Å². The van der Waals surface area contributed by atoms with Crippen LogP contribution < -0.4 is 0 Å². The molecular formula is C13H14ClF2N3O. The van der Waals surface area contributed by atoms with Gasteiger partial charge in [-0.2, -0.15) is 5.10 Å². The highest BCUT2D eigenvalue weighted by Gasteiger charge is 2.41. The van der Waals surface area contributed by atoms with Gasteiger partial charge in [-0.3, -0.25) is 0 Å². The largest absolute Gasteiger partial charge is 0.380 e. The molecule has 1 N–H and O–H groups in total. The van der Waals surface area contributed by atoms with Gasteiger partial charge in [-0.25, -0.2) is 18.4 Å². The lowest BCUT2D eigenvalue weighted by molar-refractivity contribution is -0.0876. The smallest absolute Gasteiger partial charge is 0.225 e. The van der Waals surface area contributed by atoms with Crippen molar-refractivity contribution in [3.05, 3.63) is 47.3 Å².